The van der Waals surface area contributed by atoms with Crippen molar-refractivity contribution in [3.63, 3.8) is 0 Å². The molecule has 0 amide bonds. The van der Waals surface area contributed by atoms with Crippen LogP contribution in [0.1, 0.15) is 25.3 Å². The molecule has 0 bridgehead atoms. The third-order valence-electron chi connectivity index (χ3n) is 3.69. The number of nitrogens with zero attached hydrogens (tertiary/aromatic N) is 1. The second-order valence-electron chi connectivity index (χ2n) is 5.14. The number of methoxy groups -OCH3 is 1. The molecule has 0 spiro atoms. The molecule has 1 heterocycles. The van der Waals surface area contributed by atoms with Gasteiger partial charge in [-0.25, -0.2) is 0 Å². The molecule has 0 saturated carbocycles. The Balaban J connectivity index is 1.96. The Labute approximate surface area is 120 Å². The number of rotatable bonds is 6. The van der Waals surface area contributed by atoms with Gasteiger partial charge in [0.2, 0.25) is 0 Å². The molecule has 1 fully saturated rings. The summed E-state index contributed by atoms with van der Waals surface area (Å²) in [7, 11) is 1.71. The Hall–Kier alpha value is -0.770. The molecule has 1 unspecified atom stereocenters. The highest BCUT2D eigenvalue weighted by Crippen LogP contribution is 2.32. The molecule has 1 saturated heterocycles. The summed E-state index contributed by atoms with van der Waals surface area (Å²) < 4.78 is 5.01. The highest BCUT2D eigenvalue weighted by molar-refractivity contribution is 6.33. The lowest BCUT2D eigenvalue weighted by atomic mass is 10.1. The van der Waals surface area contributed by atoms with Crippen LogP contribution in [0.5, 0.6) is 0 Å². The molecule has 2 rings (SSSR count). The summed E-state index contributed by atoms with van der Waals surface area (Å²) in [4.78, 5) is 2.41. The molecule has 0 aliphatic carbocycles. The molecule has 0 aromatic heterocycles. The topological polar surface area (TPSA) is 24.5 Å². The van der Waals surface area contributed by atoms with E-state index in [1.807, 2.05) is 0 Å². The van der Waals surface area contributed by atoms with Crippen molar-refractivity contribution >= 4 is 17.3 Å². The molecule has 1 aromatic rings. The lowest BCUT2D eigenvalue weighted by Gasteiger charge is -2.25. The van der Waals surface area contributed by atoms with Crippen LogP contribution in [0.25, 0.3) is 0 Å². The molecule has 1 atom stereocenters. The monoisotopic (exact) mass is 282 g/mol. The number of hydrogen-bond donors (Lipinski definition) is 1. The van der Waals surface area contributed by atoms with Crippen LogP contribution in [0.2, 0.25) is 5.02 Å². The summed E-state index contributed by atoms with van der Waals surface area (Å²) in [5.41, 5.74) is 2.39. The average molecular weight is 283 g/mol. The van der Waals surface area contributed by atoms with Crippen LogP contribution in [-0.4, -0.2) is 32.8 Å². The van der Waals surface area contributed by atoms with E-state index in [1.54, 1.807) is 7.11 Å². The third kappa shape index (κ3) is 3.85. The van der Waals surface area contributed by atoms with Crippen LogP contribution < -0.4 is 10.2 Å². The van der Waals surface area contributed by atoms with Gasteiger partial charge in [-0.1, -0.05) is 17.7 Å². The van der Waals surface area contributed by atoms with Crippen LogP contribution in [0.3, 0.4) is 0 Å². The van der Waals surface area contributed by atoms with Gasteiger partial charge < -0.3 is 15.0 Å². The van der Waals surface area contributed by atoms with Crippen LogP contribution in [0, 0.1) is 0 Å². The molecule has 1 aliphatic heterocycles. The zero-order chi connectivity index (χ0) is 13.7. The van der Waals surface area contributed by atoms with E-state index in [0.29, 0.717) is 6.04 Å². The lowest BCUT2D eigenvalue weighted by Crippen LogP contribution is -2.26. The highest BCUT2D eigenvalue weighted by Gasteiger charge is 2.22. The first-order valence-corrected chi connectivity index (χ1v) is 7.35. The fourth-order valence-electron chi connectivity index (χ4n) is 2.59. The number of nitrogens with one attached hydrogen (secondary N) is 1. The molecular formula is C15H23ClN2O. The molecule has 0 radical (unpaired) electrons. The first kappa shape index (κ1) is 14.6. The van der Waals surface area contributed by atoms with Crippen LogP contribution in [-0.2, 0) is 11.3 Å². The number of benzene rings is 1. The van der Waals surface area contributed by atoms with Gasteiger partial charge in [-0.15, -0.1) is 0 Å². The fraction of sp³-hybridized carbons (Fsp3) is 0.600. The van der Waals surface area contributed by atoms with Gasteiger partial charge in [-0.2, -0.15) is 0 Å². The second-order valence-corrected chi connectivity index (χ2v) is 5.55. The van der Waals surface area contributed by atoms with Gasteiger partial charge in [0.15, 0.2) is 0 Å². The van der Waals surface area contributed by atoms with E-state index in [1.165, 1.54) is 24.1 Å². The van der Waals surface area contributed by atoms with Gasteiger partial charge in [0, 0.05) is 32.8 Å². The van der Waals surface area contributed by atoms with Gasteiger partial charge in [-0.3, -0.25) is 0 Å². The summed E-state index contributed by atoms with van der Waals surface area (Å²) in [6.45, 7) is 5.81. The normalized spacial score (nSPS) is 19.1. The quantitative estimate of drug-likeness (QED) is 0.812. The Bertz CT molecular complexity index is 411. The van der Waals surface area contributed by atoms with Crippen molar-refractivity contribution in [2.75, 3.05) is 31.7 Å². The summed E-state index contributed by atoms with van der Waals surface area (Å²) in [6, 6.07) is 6.98. The van der Waals surface area contributed by atoms with Crippen molar-refractivity contribution in [3.05, 3.63) is 28.8 Å². The van der Waals surface area contributed by atoms with Crippen molar-refractivity contribution in [1.29, 1.82) is 0 Å². The molecule has 1 N–H and O–H groups in total. The van der Waals surface area contributed by atoms with Gasteiger partial charge in [-0.05, 0) is 37.5 Å². The van der Waals surface area contributed by atoms with Crippen molar-refractivity contribution in [1.82, 2.24) is 5.32 Å². The lowest BCUT2D eigenvalue weighted by molar-refractivity contribution is 0.199. The van der Waals surface area contributed by atoms with Crippen molar-refractivity contribution < 1.29 is 4.74 Å². The number of halogens is 1. The molecule has 19 heavy (non-hydrogen) atoms. The largest absolute Gasteiger partial charge is 0.383 e. The molecule has 1 aromatic carbocycles. The standard InChI is InChI=1S/C15H23ClN2O/c1-12-4-3-8-18(12)15-6-5-13(10-14(15)16)11-17-7-9-19-2/h5-6,10,12,17H,3-4,7-9,11H2,1-2H3. The maximum absolute atomic E-state index is 6.42. The minimum absolute atomic E-state index is 0.600. The van der Waals surface area contributed by atoms with E-state index in [4.69, 9.17) is 16.3 Å². The summed E-state index contributed by atoms with van der Waals surface area (Å²) in [5, 5.41) is 4.19. The molecular weight excluding hydrogens is 260 g/mol. The van der Waals surface area contributed by atoms with E-state index < -0.39 is 0 Å². The Kier molecular flexibility index (Phi) is 5.49. The van der Waals surface area contributed by atoms with Gasteiger partial charge in [0.1, 0.15) is 0 Å². The summed E-state index contributed by atoms with van der Waals surface area (Å²) >= 11 is 6.42. The average Bonchev–Trinajstić information content (AvgIpc) is 2.81. The smallest absolute Gasteiger partial charge is 0.0642 e. The van der Waals surface area contributed by atoms with Crippen molar-refractivity contribution in [3.8, 4) is 0 Å². The number of anilines is 1. The Morgan fingerprint density at radius 2 is 2.32 bits per heavy atom. The zero-order valence-corrected chi connectivity index (χ0v) is 12.5. The van der Waals surface area contributed by atoms with E-state index in [-0.39, 0.29) is 0 Å². The van der Waals surface area contributed by atoms with Gasteiger partial charge in [0.05, 0.1) is 17.3 Å². The first-order valence-electron chi connectivity index (χ1n) is 6.97. The first-order chi connectivity index (χ1) is 9.22. The number of ether oxygens (including phenoxy) is 1. The van der Waals surface area contributed by atoms with Crippen LogP contribution in [0.4, 0.5) is 5.69 Å². The maximum Gasteiger partial charge on any atom is 0.0642 e. The zero-order valence-electron chi connectivity index (χ0n) is 11.8. The maximum atomic E-state index is 6.42. The van der Waals surface area contributed by atoms with Gasteiger partial charge in [0.25, 0.3) is 0 Å². The van der Waals surface area contributed by atoms with E-state index in [0.717, 1.165) is 31.3 Å². The molecule has 1 aliphatic rings. The summed E-state index contributed by atoms with van der Waals surface area (Å²) in [6.07, 6.45) is 2.52. The second kappa shape index (κ2) is 7.13. The van der Waals surface area contributed by atoms with Crippen LogP contribution >= 0.6 is 11.6 Å². The molecule has 106 valence electrons. The highest BCUT2D eigenvalue weighted by atomic mass is 35.5. The SMILES string of the molecule is COCCNCc1ccc(N2CCCC2C)c(Cl)c1. The van der Waals surface area contributed by atoms with Gasteiger partial charge >= 0.3 is 0 Å². The number of hydrogen-bond acceptors (Lipinski definition) is 3. The van der Waals surface area contributed by atoms with Crippen LogP contribution in [0.15, 0.2) is 18.2 Å². The minimum Gasteiger partial charge on any atom is -0.383 e. The van der Waals surface area contributed by atoms with E-state index in [2.05, 4.69) is 35.3 Å². The van der Waals surface area contributed by atoms with Crippen molar-refractivity contribution in [2.24, 2.45) is 0 Å². The van der Waals surface area contributed by atoms with E-state index in [9.17, 15) is 0 Å². The predicted molar refractivity (Wildman–Crippen MR) is 81.1 cm³/mol. The Morgan fingerprint density at radius 3 is 2.95 bits per heavy atom. The third-order valence-corrected chi connectivity index (χ3v) is 3.99. The Morgan fingerprint density at radius 1 is 1.47 bits per heavy atom. The van der Waals surface area contributed by atoms with E-state index >= 15 is 0 Å². The predicted octanol–water partition coefficient (Wildman–Crippen LogP) is 3.06. The molecule has 3 nitrogen and oxygen atoms in total. The van der Waals surface area contributed by atoms with Crippen molar-refractivity contribution in [2.45, 2.75) is 32.4 Å². The fourth-order valence-corrected chi connectivity index (χ4v) is 2.90. The molecule has 4 heteroatoms. The summed E-state index contributed by atoms with van der Waals surface area (Å²) in [5.74, 6) is 0. The minimum atomic E-state index is 0.600.